The molecule has 1 aliphatic heterocycles. The number of hydrogen-bond acceptors (Lipinski definition) is 4. The van der Waals surface area contributed by atoms with E-state index in [0.717, 1.165) is 27.7 Å². The average molecular weight is 367 g/mol. The summed E-state index contributed by atoms with van der Waals surface area (Å²) in [6.45, 7) is 0. The Morgan fingerprint density at radius 1 is 1.08 bits per heavy atom. The quantitative estimate of drug-likeness (QED) is 0.671. The second-order valence-corrected chi connectivity index (χ2v) is 6.53. The van der Waals surface area contributed by atoms with Crippen LogP contribution in [0.5, 0.6) is 0 Å². The summed E-state index contributed by atoms with van der Waals surface area (Å²) >= 11 is 7.67. The normalized spacial score (nSPS) is 14.4. The number of imidazole rings is 1. The van der Waals surface area contributed by atoms with E-state index in [1.807, 2.05) is 75.3 Å². The third-order valence-corrected chi connectivity index (χ3v) is 4.93. The fourth-order valence-electron chi connectivity index (χ4n) is 2.78. The van der Waals surface area contributed by atoms with E-state index >= 15 is 0 Å². The summed E-state index contributed by atoms with van der Waals surface area (Å²) in [6.07, 6.45) is 5.88. The molecule has 25 heavy (non-hydrogen) atoms. The number of allylic oxidation sites excluding steroid dienone is 2. The number of fused-ring (bicyclic) bond motifs is 1. The third kappa shape index (κ3) is 2.92. The molecule has 124 valence electrons. The molecule has 4 nitrogen and oxygen atoms in total. The lowest BCUT2D eigenvalue weighted by atomic mass is 9.99. The Labute approximate surface area is 155 Å². The Hall–Kier alpha value is -2.63. The highest BCUT2D eigenvalue weighted by molar-refractivity contribution is 8.03. The van der Waals surface area contributed by atoms with Gasteiger partial charge in [0.05, 0.1) is 11.0 Å². The van der Waals surface area contributed by atoms with Crippen LogP contribution in [0.3, 0.4) is 0 Å². The average Bonchev–Trinajstić information content (AvgIpc) is 2.99. The van der Waals surface area contributed by atoms with Gasteiger partial charge in [-0.3, -0.25) is 0 Å². The summed E-state index contributed by atoms with van der Waals surface area (Å²) < 4.78 is 3.83. The van der Waals surface area contributed by atoms with Crippen LogP contribution in [-0.4, -0.2) is 9.66 Å². The highest BCUT2D eigenvalue weighted by atomic mass is 35.5. The van der Waals surface area contributed by atoms with Gasteiger partial charge < -0.3 is 5.73 Å². The number of hydrogen-bond donors (Lipinski definition) is 1. The fourth-order valence-corrected chi connectivity index (χ4v) is 3.73. The Bertz CT molecular complexity index is 1000. The predicted molar refractivity (Wildman–Crippen MR) is 108 cm³/mol. The first-order valence-corrected chi connectivity index (χ1v) is 8.99. The largest absolute Gasteiger partial charge is 0.368 e. The van der Waals surface area contributed by atoms with Crippen molar-refractivity contribution in [2.75, 3.05) is 10.1 Å². The van der Waals surface area contributed by atoms with E-state index in [2.05, 4.69) is 11.1 Å². The number of halogens is 1. The second kappa shape index (κ2) is 6.70. The van der Waals surface area contributed by atoms with E-state index in [1.165, 1.54) is 11.9 Å². The van der Waals surface area contributed by atoms with E-state index < -0.39 is 0 Å². The molecule has 0 saturated heterocycles. The monoisotopic (exact) mass is 366 g/mol. The highest BCUT2D eigenvalue weighted by Gasteiger charge is 2.15. The van der Waals surface area contributed by atoms with E-state index in [4.69, 9.17) is 17.3 Å². The molecule has 0 unspecified atom stereocenters. The van der Waals surface area contributed by atoms with Crippen molar-refractivity contribution in [1.29, 1.82) is 0 Å². The number of nitrogens with zero attached hydrogens (tertiary/aromatic N) is 3. The molecular weight excluding hydrogens is 352 g/mol. The maximum atomic E-state index is 6.15. The summed E-state index contributed by atoms with van der Waals surface area (Å²) in [6, 6.07) is 16.1. The molecule has 0 aliphatic carbocycles. The molecule has 0 saturated carbocycles. The molecule has 6 heteroatoms. The molecule has 0 amide bonds. The van der Waals surface area contributed by atoms with Crippen molar-refractivity contribution in [3.05, 3.63) is 89.0 Å². The zero-order valence-electron chi connectivity index (χ0n) is 13.2. The summed E-state index contributed by atoms with van der Waals surface area (Å²) in [4.78, 5) is 4.46. The van der Waals surface area contributed by atoms with Gasteiger partial charge in [0.2, 0.25) is 5.95 Å². The number of nitrogens with two attached hydrogens (primary N) is 1. The second-order valence-electron chi connectivity index (χ2n) is 5.45. The number of anilines is 1. The molecule has 2 N–H and O–H groups in total. The topological polar surface area (TPSA) is 47.1 Å². The van der Waals surface area contributed by atoms with Crippen LogP contribution in [0.25, 0.3) is 16.6 Å². The molecule has 1 aromatic heterocycles. The molecule has 0 spiro atoms. The van der Waals surface area contributed by atoms with Crippen LogP contribution in [0.4, 0.5) is 5.95 Å². The SMILES string of the molecule is Nc1nc2ccc(/C(=C/Cl)c3ccccc3)cc2n1N1C=CC=CS1. The van der Waals surface area contributed by atoms with E-state index in [0.29, 0.717) is 5.95 Å². The lowest BCUT2D eigenvalue weighted by molar-refractivity contribution is 0.915. The maximum absolute atomic E-state index is 6.15. The minimum Gasteiger partial charge on any atom is -0.368 e. The fraction of sp³-hybridized carbons (Fsp3) is 0. The molecular formula is C19H15ClN4S. The first-order valence-electron chi connectivity index (χ1n) is 7.72. The van der Waals surface area contributed by atoms with Gasteiger partial charge in [-0.05, 0) is 34.7 Å². The lowest BCUT2D eigenvalue weighted by Gasteiger charge is -2.21. The Kier molecular flexibility index (Phi) is 4.26. The first-order chi connectivity index (χ1) is 12.3. The highest BCUT2D eigenvalue weighted by Crippen LogP contribution is 2.30. The maximum Gasteiger partial charge on any atom is 0.221 e. The van der Waals surface area contributed by atoms with Gasteiger partial charge in [-0.2, -0.15) is 0 Å². The van der Waals surface area contributed by atoms with Crippen LogP contribution in [0, 0.1) is 0 Å². The van der Waals surface area contributed by atoms with Gasteiger partial charge in [0, 0.05) is 29.3 Å². The van der Waals surface area contributed by atoms with Crippen LogP contribution in [-0.2, 0) is 0 Å². The lowest BCUT2D eigenvalue weighted by Crippen LogP contribution is -2.23. The van der Waals surface area contributed by atoms with Gasteiger partial charge in [-0.25, -0.2) is 14.1 Å². The number of aromatic nitrogens is 2. The van der Waals surface area contributed by atoms with Crippen molar-refractivity contribution >= 4 is 46.1 Å². The Morgan fingerprint density at radius 3 is 2.64 bits per heavy atom. The van der Waals surface area contributed by atoms with E-state index in [1.54, 1.807) is 5.54 Å². The smallest absolute Gasteiger partial charge is 0.221 e. The van der Waals surface area contributed by atoms with Gasteiger partial charge in [0.25, 0.3) is 0 Å². The number of benzene rings is 2. The number of nitrogen functional groups attached to an aromatic ring is 1. The van der Waals surface area contributed by atoms with Gasteiger partial charge >= 0.3 is 0 Å². The van der Waals surface area contributed by atoms with Gasteiger partial charge in [-0.1, -0.05) is 54.1 Å². The molecule has 0 radical (unpaired) electrons. The summed E-state index contributed by atoms with van der Waals surface area (Å²) in [5.74, 6) is 0.440. The standard InChI is InChI=1S/C19H15ClN4S/c20-13-16(14-6-2-1-3-7-14)15-8-9-17-18(12-15)24(19(21)22-17)23-10-4-5-11-25-23/h1-13H,(H2,21,22)/b16-13+. The van der Waals surface area contributed by atoms with Crippen molar-refractivity contribution in [3.63, 3.8) is 0 Å². The zero-order valence-corrected chi connectivity index (χ0v) is 14.8. The van der Waals surface area contributed by atoms with E-state index in [-0.39, 0.29) is 0 Å². The van der Waals surface area contributed by atoms with E-state index in [9.17, 15) is 0 Å². The van der Waals surface area contributed by atoms with Crippen molar-refractivity contribution in [3.8, 4) is 0 Å². The van der Waals surface area contributed by atoms with Crippen LogP contribution in [0.15, 0.2) is 77.8 Å². The molecule has 2 heterocycles. The van der Waals surface area contributed by atoms with Crippen molar-refractivity contribution in [2.24, 2.45) is 0 Å². The van der Waals surface area contributed by atoms with Crippen LogP contribution in [0.1, 0.15) is 11.1 Å². The van der Waals surface area contributed by atoms with Crippen LogP contribution in [0.2, 0.25) is 0 Å². The molecule has 4 rings (SSSR count). The summed E-state index contributed by atoms with van der Waals surface area (Å²) in [5.41, 5.74) is 12.6. The molecule has 3 aromatic rings. The van der Waals surface area contributed by atoms with Crippen molar-refractivity contribution < 1.29 is 0 Å². The first kappa shape index (κ1) is 15.9. The molecule has 2 aromatic carbocycles. The number of rotatable bonds is 3. The zero-order chi connectivity index (χ0) is 17.2. The predicted octanol–water partition coefficient (Wildman–Crippen LogP) is 4.87. The van der Waals surface area contributed by atoms with Gasteiger partial charge in [-0.15, -0.1) is 0 Å². The van der Waals surface area contributed by atoms with Gasteiger partial charge in [0.15, 0.2) is 0 Å². The molecule has 0 bridgehead atoms. The van der Waals surface area contributed by atoms with Crippen molar-refractivity contribution in [1.82, 2.24) is 9.66 Å². The van der Waals surface area contributed by atoms with Crippen molar-refractivity contribution in [2.45, 2.75) is 0 Å². The van der Waals surface area contributed by atoms with Crippen LogP contribution < -0.4 is 10.1 Å². The van der Waals surface area contributed by atoms with Gasteiger partial charge in [0.1, 0.15) is 0 Å². The molecule has 0 fully saturated rings. The molecule has 1 aliphatic rings. The Morgan fingerprint density at radius 2 is 1.92 bits per heavy atom. The Balaban J connectivity index is 1.84. The summed E-state index contributed by atoms with van der Waals surface area (Å²) in [7, 11) is 0. The molecule has 0 atom stereocenters. The summed E-state index contributed by atoms with van der Waals surface area (Å²) in [5, 5.41) is 1.99. The minimum atomic E-state index is 0.440. The minimum absolute atomic E-state index is 0.440. The third-order valence-electron chi connectivity index (χ3n) is 3.93. The van der Waals surface area contributed by atoms with Crippen LogP contribution >= 0.6 is 23.5 Å².